The fourth-order valence-corrected chi connectivity index (χ4v) is 5.16. The molecule has 1 amide bonds. The maximum atomic E-state index is 15.6. The molecule has 2 aromatic heterocycles. The van der Waals surface area contributed by atoms with Gasteiger partial charge in [0.1, 0.15) is 18.5 Å². The number of carbonyl (C=O) groups is 1. The maximum Gasteiger partial charge on any atom is 0.474 e. The number of nitrogens with one attached hydrogen (secondary N) is 1. The molecular weight excluding hydrogens is 561 g/mol. The molecule has 3 heterocycles. The Morgan fingerprint density at radius 2 is 2.08 bits per heavy atom. The number of hydrogen-bond acceptors (Lipinski definition) is 12. The summed E-state index contributed by atoms with van der Waals surface area (Å²) >= 11 is 0. The van der Waals surface area contributed by atoms with Gasteiger partial charge in [0.15, 0.2) is 29.4 Å². The Kier molecular flexibility index (Phi) is 9.49. The molecule has 6 atom stereocenters. The van der Waals surface area contributed by atoms with Gasteiger partial charge in [-0.15, -0.1) is 0 Å². The van der Waals surface area contributed by atoms with Crippen LogP contribution in [0.3, 0.4) is 0 Å². The summed E-state index contributed by atoms with van der Waals surface area (Å²) < 4.78 is 66.3. The zero-order valence-electron chi connectivity index (χ0n) is 20.2. The Hall–Kier alpha value is -3.12. The molecular formula is C21H23FN6O9P2. The van der Waals surface area contributed by atoms with Crippen LogP contribution in [0, 0.1) is 11.3 Å². The molecule has 2 N–H and O–H groups in total. The summed E-state index contributed by atoms with van der Waals surface area (Å²) in [6.45, 7) is -0.871. The number of alkyl halides is 1. The number of fused-ring (bicyclic) bond motifs is 1. The first kappa shape index (κ1) is 28.9. The molecule has 1 fully saturated rings. The molecule has 1 saturated heterocycles. The second kappa shape index (κ2) is 12.8. The number of anilines is 1. The first-order valence-electron chi connectivity index (χ1n) is 11.3. The number of carbonyl (C=O) groups excluding carboxylic acids is 1. The average molecular weight is 584 g/mol. The molecule has 1 aliphatic rings. The molecule has 1 aromatic carbocycles. The predicted octanol–water partition coefficient (Wildman–Crippen LogP) is 2.78. The second-order valence-corrected chi connectivity index (χ2v) is 10.4. The number of nitriles is 1. The lowest BCUT2D eigenvalue weighted by Crippen LogP contribution is -2.32. The molecule has 18 heteroatoms. The lowest BCUT2D eigenvalue weighted by atomic mass is 10.1. The van der Waals surface area contributed by atoms with Crippen molar-refractivity contribution in [2.24, 2.45) is 0 Å². The topological polar surface area (TPSA) is 197 Å². The quantitative estimate of drug-likeness (QED) is 0.233. The Labute approximate surface area is 221 Å². The maximum absolute atomic E-state index is 15.6. The summed E-state index contributed by atoms with van der Waals surface area (Å²) in [6.07, 6.45) is -4.22. The summed E-state index contributed by atoms with van der Waals surface area (Å²) in [7, 11) is -6.73. The van der Waals surface area contributed by atoms with Crippen molar-refractivity contribution >= 4 is 39.0 Å². The standard InChI is InChI=1S/C21H23FN6O9P2/c1-33-39(32,34-9-5-8-23)35-10-14-17(37-38(30)31)15(22)21(36-14)28-12-26-16-18(24-11-25-19(16)28)27-20(29)13-6-3-2-4-7-13/h2-4,6-7,11-12,14-15,17,21,38H,5,9-10H2,1H3,(H,30,31)(H,24,25,27,29)/t14-,15-,17-,21-,39?/m1/s1. The number of phosphoric ester groups is 1. The highest BCUT2D eigenvalue weighted by Crippen LogP contribution is 2.50. The van der Waals surface area contributed by atoms with Gasteiger partial charge in [-0.1, -0.05) is 18.2 Å². The number of rotatable bonds is 12. The van der Waals surface area contributed by atoms with Crippen molar-refractivity contribution < 1.29 is 46.0 Å². The zero-order valence-corrected chi connectivity index (χ0v) is 22.1. The first-order chi connectivity index (χ1) is 18.8. The van der Waals surface area contributed by atoms with E-state index in [2.05, 4.69) is 20.3 Å². The third-order valence-electron chi connectivity index (χ3n) is 5.49. The van der Waals surface area contributed by atoms with Crippen molar-refractivity contribution in [3.05, 3.63) is 48.5 Å². The minimum absolute atomic E-state index is 0.0599. The molecule has 4 rings (SSSR count). The lowest BCUT2D eigenvalue weighted by molar-refractivity contribution is -0.0449. The summed E-state index contributed by atoms with van der Waals surface area (Å²) in [5.41, 5.74) is 0.583. The van der Waals surface area contributed by atoms with Crippen molar-refractivity contribution in [2.45, 2.75) is 31.0 Å². The highest BCUT2D eigenvalue weighted by molar-refractivity contribution is 7.48. The molecule has 208 valence electrons. The van der Waals surface area contributed by atoms with E-state index in [0.717, 1.165) is 13.4 Å². The van der Waals surface area contributed by atoms with Crippen LogP contribution in [-0.4, -0.2) is 69.0 Å². The van der Waals surface area contributed by atoms with E-state index in [1.165, 1.54) is 10.9 Å². The number of phosphoric acid groups is 1. The van der Waals surface area contributed by atoms with Crippen molar-refractivity contribution in [3.63, 3.8) is 0 Å². The Morgan fingerprint density at radius 3 is 2.77 bits per heavy atom. The predicted molar refractivity (Wildman–Crippen MR) is 131 cm³/mol. The van der Waals surface area contributed by atoms with Gasteiger partial charge in [-0.25, -0.2) is 23.9 Å². The zero-order chi connectivity index (χ0) is 28.0. The van der Waals surface area contributed by atoms with Gasteiger partial charge in [0.2, 0.25) is 0 Å². The lowest BCUT2D eigenvalue weighted by Gasteiger charge is -2.20. The van der Waals surface area contributed by atoms with Gasteiger partial charge >= 0.3 is 16.1 Å². The van der Waals surface area contributed by atoms with Gasteiger partial charge in [-0.05, 0) is 12.1 Å². The fraction of sp³-hybridized carbons (Fsp3) is 0.381. The number of halogens is 1. The highest BCUT2D eigenvalue weighted by Gasteiger charge is 2.49. The number of nitrogens with zero attached hydrogens (tertiary/aromatic N) is 5. The van der Waals surface area contributed by atoms with E-state index in [4.69, 9.17) is 28.1 Å². The van der Waals surface area contributed by atoms with E-state index in [0.29, 0.717) is 5.56 Å². The SMILES string of the molecule is COP(=O)(OCCC#N)OC[C@H]1O[C@@H](n2cnc3c(NC(=O)c4ccccc4)ncnc32)[C@H](F)[C@@H]1O[PH](=O)O. The average Bonchev–Trinajstić information content (AvgIpc) is 3.49. The summed E-state index contributed by atoms with van der Waals surface area (Å²) in [5, 5.41) is 11.3. The van der Waals surface area contributed by atoms with Crippen LogP contribution in [-0.2, 0) is 32.0 Å². The summed E-state index contributed by atoms with van der Waals surface area (Å²) in [4.78, 5) is 34.3. The number of imidazole rings is 1. The monoisotopic (exact) mass is 584 g/mol. The molecule has 3 aromatic rings. The largest absolute Gasteiger partial charge is 0.474 e. The van der Waals surface area contributed by atoms with Crippen LogP contribution in [0.15, 0.2) is 43.0 Å². The first-order valence-corrected chi connectivity index (χ1v) is 14.0. The Morgan fingerprint density at radius 1 is 1.31 bits per heavy atom. The van der Waals surface area contributed by atoms with E-state index >= 15 is 4.39 Å². The van der Waals surface area contributed by atoms with Crippen LogP contribution in [0.4, 0.5) is 10.2 Å². The van der Waals surface area contributed by atoms with E-state index < -0.39 is 53.2 Å². The normalized spacial score (nSPS) is 23.2. The van der Waals surface area contributed by atoms with E-state index in [9.17, 15) is 18.8 Å². The van der Waals surface area contributed by atoms with Crippen molar-refractivity contribution in [1.82, 2.24) is 19.5 Å². The van der Waals surface area contributed by atoms with E-state index in [-0.39, 0.29) is 30.0 Å². The third kappa shape index (κ3) is 6.73. The van der Waals surface area contributed by atoms with Crippen molar-refractivity contribution in [2.75, 3.05) is 25.6 Å². The van der Waals surface area contributed by atoms with Gasteiger partial charge in [-0.3, -0.25) is 27.5 Å². The van der Waals surface area contributed by atoms with Crippen LogP contribution in [0.1, 0.15) is 23.0 Å². The van der Waals surface area contributed by atoms with Crippen molar-refractivity contribution in [1.29, 1.82) is 5.26 Å². The number of aromatic nitrogens is 4. The molecule has 2 unspecified atom stereocenters. The van der Waals surface area contributed by atoms with Crippen LogP contribution < -0.4 is 5.32 Å². The van der Waals surface area contributed by atoms with E-state index in [1.54, 1.807) is 36.4 Å². The number of hydrogen-bond donors (Lipinski definition) is 2. The molecule has 1 aliphatic heterocycles. The number of benzene rings is 1. The molecule has 15 nitrogen and oxygen atoms in total. The van der Waals surface area contributed by atoms with Crippen LogP contribution in [0.25, 0.3) is 11.2 Å². The summed E-state index contributed by atoms with van der Waals surface area (Å²) in [5.74, 6) is -0.395. The van der Waals surface area contributed by atoms with Gasteiger partial charge in [0.25, 0.3) is 5.91 Å². The van der Waals surface area contributed by atoms with Gasteiger partial charge < -0.3 is 19.5 Å². The molecule has 0 saturated carbocycles. The smallest absolute Gasteiger partial charge is 0.346 e. The Balaban J connectivity index is 1.56. The molecule has 0 bridgehead atoms. The summed E-state index contributed by atoms with van der Waals surface area (Å²) in [6, 6.07) is 10.2. The minimum atomic E-state index is -4.15. The molecule has 0 radical (unpaired) electrons. The van der Waals surface area contributed by atoms with Crippen LogP contribution in [0.5, 0.6) is 0 Å². The van der Waals surface area contributed by atoms with E-state index in [1.807, 2.05) is 0 Å². The Bertz CT molecular complexity index is 1420. The molecule has 0 spiro atoms. The number of ether oxygens (including phenoxy) is 1. The van der Waals surface area contributed by atoms with Gasteiger partial charge in [-0.2, -0.15) is 5.26 Å². The third-order valence-corrected chi connectivity index (χ3v) is 7.37. The molecule has 39 heavy (non-hydrogen) atoms. The second-order valence-electron chi connectivity index (χ2n) is 7.89. The van der Waals surface area contributed by atoms with Crippen LogP contribution in [0.2, 0.25) is 0 Å². The molecule has 0 aliphatic carbocycles. The van der Waals surface area contributed by atoms with Crippen LogP contribution >= 0.6 is 16.1 Å². The van der Waals surface area contributed by atoms with Gasteiger partial charge in [0.05, 0.1) is 32.0 Å². The van der Waals surface area contributed by atoms with Crippen molar-refractivity contribution in [3.8, 4) is 6.07 Å². The highest BCUT2D eigenvalue weighted by atomic mass is 31.2. The van der Waals surface area contributed by atoms with Gasteiger partial charge in [0, 0.05) is 12.7 Å². The minimum Gasteiger partial charge on any atom is -0.346 e. The fourth-order valence-electron chi connectivity index (χ4n) is 3.72. The number of amides is 1.